The second kappa shape index (κ2) is 6.35. The molecule has 0 bridgehead atoms. The summed E-state index contributed by atoms with van der Waals surface area (Å²) in [5.41, 5.74) is 0. The Hall–Kier alpha value is -0.180. The van der Waals surface area contributed by atoms with Gasteiger partial charge in [-0.1, -0.05) is 27.2 Å². The predicted molar refractivity (Wildman–Crippen MR) is 47.6 cm³/mol. The highest BCUT2D eigenvalue weighted by molar-refractivity contribution is 4.78. The van der Waals surface area contributed by atoms with E-state index < -0.39 is 6.43 Å². The van der Waals surface area contributed by atoms with Gasteiger partial charge in [0, 0.05) is 13.1 Å². The Labute approximate surface area is 73.7 Å². The van der Waals surface area contributed by atoms with E-state index in [1.54, 1.807) is 4.90 Å². The van der Waals surface area contributed by atoms with Gasteiger partial charge in [-0.25, -0.2) is 8.78 Å². The fraction of sp³-hybridized carbons (Fsp3) is 1.00. The van der Waals surface area contributed by atoms with Gasteiger partial charge in [-0.2, -0.15) is 0 Å². The van der Waals surface area contributed by atoms with Gasteiger partial charge in [0.2, 0.25) is 0 Å². The third-order valence-corrected chi connectivity index (χ3v) is 2.01. The third-order valence-electron chi connectivity index (χ3n) is 2.01. The molecule has 0 amide bonds. The first-order valence-corrected chi connectivity index (χ1v) is 4.73. The fourth-order valence-corrected chi connectivity index (χ4v) is 1.28. The lowest BCUT2D eigenvalue weighted by Crippen LogP contribution is -2.48. The fourth-order valence-electron chi connectivity index (χ4n) is 1.28. The van der Waals surface area contributed by atoms with Crippen molar-refractivity contribution in [3.8, 4) is 0 Å². The van der Waals surface area contributed by atoms with Crippen LogP contribution in [0.2, 0.25) is 0 Å². The van der Waals surface area contributed by atoms with Gasteiger partial charge in [-0.05, 0) is 5.92 Å². The summed E-state index contributed by atoms with van der Waals surface area (Å²) in [6, 6.07) is 0. The quantitative estimate of drug-likeness (QED) is 0.643. The second-order valence-electron chi connectivity index (χ2n) is 2.88. The van der Waals surface area contributed by atoms with Crippen molar-refractivity contribution in [2.75, 3.05) is 19.6 Å². The SMILES string of the molecule is CC.CCC1CN(CC(F)F)C1. The third kappa shape index (κ3) is 4.00. The number of hydrogen-bond donors (Lipinski definition) is 0. The summed E-state index contributed by atoms with van der Waals surface area (Å²) in [6.45, 7) is 7.82. The van der Waals surface area contributed by atoms with Crippen LogP contribution in [0.15, 0.2) is 0 Å². The normalized spacial score (nSPS) is 18.5. The van der Waals surface area contributed by atoms with Crippen molar-refractivity contribution in [1.82, 2.24) is 4.90 Å². The van der Waals surface area contributed by atoms with E-state index in [2.05, 4.69) is 6.92 Å². The summed E-state index contributed by atoms with van der Waals surface area (Å²) in [4.78, 5) is 1.80. The number of nitrogens with zero attached hydrogens (tertiary/aromatic N) is 1. The molecule has 1 aliphatic rings. The minimum absolute atomic E-state index is 0.0312. The molecule has 0 aliphatic carbocycles. The van der Waals surface area contributed by atoms with Crippen molar-refractivity contribution in [2.24, 2.45) is 5.92 Å². The zero-order valence-corrected chi connectivity index (χ0v) is 8.19. The predicted octanol–water partition coefficient (Wildman–Crippen LogP) is 2.62. The van der Waals surface area contributed by atoms with Crippen molar-refractivity contribution in [2.45, 2.75) is 33.6 Å². The van der Waals surface area contributed by atoms with Crippen molar-refractivity contribution in [3.63, 3.8) is 0 Å². The lowest BCUT2D eigenvalue weighted by Gasteiger charge is -2.38. The monoisotopic (exact) mass is 179 g/mol. The van der Waals surface area contributed by atoms with E-state index in [1.807, 2.05) is 13.8 Å². The maximum Gasteiger partial charge on any atom is 0.251 e. The van der Waals surface area contributed by atoms with Crippen LogP contribution in [0, 0.1) is 5.92 Å². The van der Waals surface area contributed by atoms with Crippen LogP contribution >= 0.6 is 0 Å². The molecular weight excluding hydrogens is 160 g/mol. The van der Waals surface area contributed by atoms with Crippen LogP contribution in [-0.2, 0) is 0 Å². The average molecular weight is 179 g/mol. The molecule has 0 unspecified atom stereocenters. The molecule has 0 spiro atoms. The molecule has 0 aromatic rings. The molecule has 3 heteroatoms. The maximum atomic E-state index is 11.7. The number of rotatable bonds is 3. The molecule has 12 heavy (non-hydrogen) atoms. The summed E-state index contributed by atoms with van der Waals surface area (Å²) in [7, 11) is 0. The zero-order chi connectivity index (χ0) is 9.56. The van der Waals surface area contributed by atoms with Crippen molar-refractivity contribution in [1.29, 1.82) is 0 Å². The minimum Gasteiger partial charge on any atom is -0.297 e. The lowest BCUT2D eigenvalue weighted by atomic mass is 9.98. The van der Waals surface area contributed by atoms with Gasteiger partial charge < -0.3 is 0 Å². The summed E-state index contributed by atoms with van der Waals surface area (Å²) >= 11 is 0. The zero-order valence-electron chi connectivity index (χ0n) is 8.19. The molecule has 0 N–H and O–H groups in total. The van der Waals surface area contributed by atoms with Gasteiger partial charge in [-0.3, -0.25) is 4.90 Å². The Balaban J connectivity index is 0.000000561. The Morgan fingerprint density at radius 1 is 1.33 bits per heavy atom. The molecular formula is C9H19F2N. The van der Waals surface area contributed by atoms with E-state index >= 15 is 0 Å². The molecule has 1 rings (SSSR count). The summed E-state index contributed by atoms with van der Waals surface area (Å²) in [5.74, 6) is 0.679. The van der Waals surface area contributed by atoms with Crippen molar-refractivity contribution < 1.29 is 8.78 Å². The van der Waals surface area contributed by atoms with Crippen LogP contribution in [-0.4, -0.2) is 31.0 Å². The Bertz CT molecular complexity index is 101. The van der Waals surface area contributed by atoms with Crippen LogP contribution in [0.4, 0.5) is 8.78 Å². The molecule has 74 valence electrons. The molecule has 0 atom stereocenters. The van der Waals surface area contributed by atoms with E-state index in [1.165, 1.54) is 0 Å². The number of halogens is 2. The van der Waals surface area contributed by atoms with Crippen LogP contribution in [0.25, 0.3) is 0 Å². The second-order valence-corrected chi connectivity index (χ2v) is 2.88. The number of likely N-dealkylation sites (tertiary alicyclic amines) is 1. The first-order valence-electron chi connectivity index (χ1n) is 4.73. The molecule has 1 aliphatic heterocycles. The van der Waals surface area contributed by atoms with Crippen LogP contribution < -0.4 is 0 Å². The Morgan fingerprint density at radius 2 is 1.83 bits per heavy atom. The van der Waals surface area contributed by atoms with E-state index in [-0.39, 0.29) is 6.54 Å². The smallest absolute Gasteiger partial charge is 0.251 e. The molecule has 1 fully saturated rings. The molecule has 0 aromatic heterocycles. The van der Waals surface area contributed by atoms with Gasteiger partial charge in [0.25, 0.3) is 6.43 Å². The number of hydrogen-bond acceptors (Lipinski definition) is 1. The van der Waals surface area contributed by atoms with Crippen LogP contribution in [0.3, 0.4) is 0 Å². The molecule has 0 aromatic carbocycles. The standard InChI is InChI=1S/C7H13F2N.C2H6/c1-2-6-3-10(4-6)5-7(8)9;1-2/h6-7H,2-5H2,1H3;1-2H3. The Morgan fingerprint density at radius 3 is 2.17 bits per heavy atom. The average Bonchev–Trinajstić information content (AvgIpc) is 1.99. The Kier molecular flexibility index (Phi) is 6.25. The summed E-state index contributed by atoms with van der Waals surface area (Å²) in [5, 5.41) is 0. The van der Waals surface area contributed by atoms with Crippen LogP contribution in [0.5, 0.6) is 0 Å². The minimum atomic E-state index is -2.15. The molecule has 0 saturated carbocycles. The van der Waals surface area contributed by atoms with Gasteiger partial charge in [0.05, 0.1) is 6.54 Å². The van der Waals surface area contributed by atoms with E-state index in [0.29, 0.717) is 5.92 Å². The van der Waals surface area contributed by atoms with Crippen LogP contribution in [0.1, 0.15) is 27.2 Å². The molecule has 1 heterocycles. The van der Waals surface area contributed by atoms with Crippen molar-refractivity contribution in [3.05, 3.63) is 0 Å². The molecule has 0 radical (unpaired) electrons. The molecule has 1 saturated heterocycles. The topological polar surface area (TPSA) is 3.24 Å². The summed E-state index contributed by atoms with van der Waals surface area (Å²) in [6.07, 6.45) is -1.03. The first kappa shape index (κ1) is 11.8. The molecule has 1 nitrogen and oxygen atoms in total. The lowest BCUT2D eigenvalue weighted by molar-refractivity contribution is 0.0241. The van der Waals surface area contributed by atoms with E-state index in [9.17, 15) is 8.78 Å². The highest BCUT2D eigenvalue weighted by Gasteiger charge is 2.26. The van der Waals surface area contributed by atoms with Gasteiger partial charge >= 0.3 is 0 Å². The van der Waals surface area contributed by atoms with Gasteiger partial charge in [-0.15, -0.1) is 0 Å². The largest absolute Gasteiger partial charge is 0.297 e. The van der Waals surface area contributed by atoms with Gasteiger partial charge in [0.1, 0.15) is 0 Å². The van der Waals surface area contributed by atoms with E-state index in [0.717, 1.165) is 19.5 Å². The highest BCUT2D eigenvalue weighted by Crippen LogP contribution is 2.18. The highest BCUT2D eigenvalue weighted by atomic mass is 19.3. The maximum absolute atomic E-state index is 11.7. The number of alkyl halides is 2. The van der Waals surface area contributed by atoms with Gasteiger partial charge in [0.15, 0.2) is 0 Å². The summed E-state index contributed by atoms with van der Waals surface area (Å²) < 4.78 is 23.4. The van der Waals surface area contributed by atoms with E-state index in [4.69, 9.17) is 0 Å². The first-order chi connectivity index (χ1) is 5.72. The van der Waals surface area contributed by atoms with Crippen molar-refractivity contribution >= 4 is 0 Å².